The predicted octanol–water partition coefficient (Wildman–Crippen LogP) is 3.74. The van der Waals surface area contributed by atoms with Crippen molar-refractivity contribution in [1.82, 2.24) is 4.98 Å². The van der Waals surface area contributed by atoms with E-state index < -0.39 is 5.97 Å². The molecule has 0 fully saturated rings. The Hall–Kier alpha value is -4.18. The number of aromatic nitrogens is 1. The maximum absolute atomic E-state index is 12.4. The molecule has 2 aromatic carbocycles. The number of nitriles is 1. The molecule has 28 heavy (non-hydrogen) atoms. The standard InChI is InChI=1S/C21H16N4O3/c1-28-21(27)15-4-8-17(9-5-15)25-20(26)19-12-18(10-11-23-19)24-16-6-2-14(13-22)3-7-16/h2-12H,1H3,(H,23,24)(H,25,26). The first-order valence-electron chi connectivity index (χ1n) is 8.32. The number of hydrogen-bond acceptors (Lipinski definition) is 6. The zero-order valence-electron chi connectivity index (χ0n) is 15.0. The number of hydrogen-bond donors (Lipinski definition) is 2. The van der Waals surface area contributed by atoms with Gasteiger partial charge in [-0.05, 0) is 60.7 Å². The number of rotatable bonds is 5. The highest BCUT2D eigenvalue weighted by molar-refractivity contribution is 6.03. The number of esters is 1. The molecule has 2 N–H and O–H groups in total. The van der Waals surface area contributed by atoms with Crippen LogP contribution in [-0.2, 0) is 4.74 Å². The smallest absolute Gasteiger partial charge is 0.337 e. The highest BCUT2D eigenvalue weighted by Gasteiger charge is 2.10. The number of methoxy groups -OCH3 is 1. The summed E-state index contributed by atoms with van der Waals surface area (Å²) in [4.78, 5) is 28.0. The van der Waals surface area contributed by atoms with E-state index in [1.54, 1.807) is 60.7 Å². The summed E-state index contributed by atoms with van der Waals surface area (Å²) in [6.07, 6.45) is 1.53. The highest BCUT2D eigenvalue weighted by atomic mass is 16.5. The molecule has 0 unspecified atom stereocenters. The normalized spacial score (nSPS) is 9.86. The van der Waals surface area contributed by atoms with Crippen molar-refractivity contribution in [2.24, 2.45) is 0 Å². The average Bonchev–Trinajstić information content (AvgIpc) is 2.74. The SMILES string of the molecule is COC(=O)c1ccc(NC(=O)c2cc(Nc3ccc(C#N)cc3)ccn2)cc1. The van der Waals surface area contributed by atoms with E-state index in [-0.39, 0.29) is 11.6 Å². The first kappa shape index (κ1) is 18.6. The molecule has 0 saturated carbocycles. The lowest BCUT2D eigenvalue weighted by Crippen LogP contribution is -2.14. The Bertz CT molecular complexity index is 1040. The van der Waals surface area contributed by atoms with Crippen LogP contribution in [0.1, 0.15) is 26.4 Å². The second kappa shape index (κ2) is 8.47. The predicted molar refractivity (Wildman–Crippen MR) is 104 cm³/mol. The number of carbonyl (C=O) groups excluding carboxylic acids is 2. The third-order valence-electron chi connectivity index (χ3n) is 3.86. The van der Waals surface area contributed by atoms with Crippen LogP contribution in [0.2, 0.25) is 0 Å². The molecule has 0 atom stereocenters. The van der Waals surface area contributed by atoms with E-state index in [1.807, 2.05) is 0 Å². The van der Waals surface area contributed by atoms with Crippen molar-refractivity contribution in [2.45, 2.75) is 0 Å². The number of nitrogens with zero attached hydrogens (tertiary/aromatic N) is 2. The van der Waals surface area contributed by atoms with Gasteiger partial charge in [0.25, 0.3) is 5.91 Å². The molecule has 1 heterocycles. The molecule has 0 spiro atoms. The van der Waals surface area contributed by atoms with Crippen LogP contribution in [0.15, 0.2) is 66.9 Å². The van der Waals surface area contributed by atoms with E-state index >= 15 is 0 Å². The molecule has 1 aromatic heterocycles. The van der Waals surface area contributed by atoms with Gasteiger partial charge in [-0.15, -0.1) is 0 Å². The quantitative estimate of drug-likeness (QED) is 0.661. The number of pyridine rings is 1. The molecule has 0 bridgehead atoms. The average molecular weight is 372 g/mol. The molecule has 138 valence electrons. The van der Waals surface area contributed by atoms with Crippen LogP contribution in [0.4, 0.5) is 17.1 Å². The molecule has 0 aliphatic heterocycles. The van der Waals surface area contributed by atoms with Gasteiger partial charge in [-0.3, -0.25) is 9.78 Å². The monoisotopic (exact) mass is 372 g/mol. The lowest BCUT2D eigenvalue weighted by molar-refractivity contribution is 0.0600. The Labute approximate surface area is 161 Å². The summed E-state index contributed by atoms with van der Waals surface area (Å²) in [6, 6.07) is 18.7. The minimum atomic E-state index is -0.443. The molecule has 7 nitrogen and oxygen atoms in total. The van der Waals surface area contributed by atoms with Crippen LogP contribution in [0.5, 0.6) is 0 Å². The van der Waals surface area contributed by atoms with Gasteiger partial charge in [0.05, 0.1) is 24.3 Å². The van der Waals surface area contributed by atoms with Crippen LogP contribution in [-0.4, -0.2) is 24.0 Å². The minimum absolute atomic E-state index is 0.232. The molecular formula is C21H16N4O3. The summed E-state index contributed by atoms with van der Waals surface area (Å²) in [5.41, 5.74) is 3.20. The second-order valence-corrected chi connectivity index (χ2v) is 5.77. The topological polar surface area (TPSA) is 104 Å². The Morgan fingerprint density at radius 1 is 0.964 bits per heavy atom. The lowest BCUT2D eigenvalue weighted by Gasteiger charge is -2.09. The van der Waals surface area contributed by atoms with Crippen molar-refractivity contribution in [2.75, 3.05) is 17.7 Å². The van der Waals surface area contributed by atoms with Crippen molar-refractivity contribution in [3.05, 3.63) is 83.7 Å². The Morgan fingerprint density at radius 2 is 1.64 bits per heavy atom. The molecule has 1 amide bonds. The van der Waals surface area contributed by atoms with E-state index in [9.17, 15) is 9.59 Å². The molecule has 0 aliphatic carbocycles. The van der Waals surface area contributed by atoms with Gasteiger partial charge in [0.2, 0.25) is 0 Å². The molecular weight excluding hydrogens is 356 g/mol. The first-order chi connectivity index (χ1) is 13.6. The number of amides is 1. The Balaban J connectivity index is 1.69. The number of benzene rings is 2. The maximum Gasteiger partial charge on any atom is 0.337 e. The van der Waals surface area contributed by atoms with Gasteiger partial charge in [0.1, 0.15) is 5.69 Å². The van der Waals surface area contributed by atoms with Crippen LogP contribution >= 0.6 is 0 Å². The van der Waals surface area contributed by atoms with E-state index in [0.29, 0.717) is 22.5 Å². The lowest BCUT2D eigenvalue weighted by atomic mass is 10.2. The van der Waals surface area contributed by atoms with E-state index in [1.165, 1.54) is 13.3 Å². The maximum atomic E-state index is 12.4. The van der Waals surface area contributed by atoms with Crippen molar-refractivity contribution in [3.63, 3.8) is 0 Å². The first-order valence-corrected chi connectivity index (χ1v) is 8.32. The van der Waals surface area contributed by atoms with Crippen LogP contribution in [0, 0.1) is 11.3 Å². The second-order valence-electron chi connectivity index (χ2n) is 5.77. The van der Waals surface area contributed by atoms with Gasteiger partial charge < -0.3 is 15.4 Å². The fourth-order valence-electron chi connectivity index (χ4n) is 2.43. The largest absolute Gasteiger partial charge is 0.465 e. The summed E-state index contributed by atoms with van der Waals surface area (Å²) in [6.45, 7) is 0. The van der Waals surface area contributed by atoms with E-state index in [4.69, 9.17) is 5.26 Å². The molecule has 0 aliphatic rings. The van der Waals surface area contributed by atoms with Crippen molar-refractivity contribution < 1.29 is 14.3 Å². The van der Waals surface area contributed by atoms with Crippen molar-refractivity contribution >= 4 is 28.9 Å². The van der Waals surface area contributed by atoms with Gasteiger partial charge in [0.15, 0.2) is 0 Å². The molecule has 3 rings (SSSR count). The van der Waals surface area contributed by atoms with Crippen molar-refractivity contribution in [1.29, 1.82) is 5.26 Å². The third kappa shape index (κ3) is 4.51. The fraction of sp³-hybridized carbons (Fsp3) is 0.0476. The van der Waals surface area contributed by atoms with Crippen LogP contribution < -0.4 is 10.6 Å². The molecule has 0 saturated heterocycles. The van der Waals surface area contributed by atoms with Gasteiger partial charge in [0, 0.05) is 23.3 Å². The summed E-state index contributed by atoms with van der Waals surface area (Å²) in [7, 11) is 1.31. The number of anilines is 3. The minimum Gasteiger partial charge on any atom is -0.465 e. The number of carbonyl (C=O) groups is 2. The molecule has 7 heteroatoms. The summed E-state index contributed by atoms with van der Waals surface area (Å²) in [5.74, 6) is -0.824. The number of ether oxygens (including phenoxy) is 1. The van der Waals surface area contributed by atoms with Gasteiger partial charge in [-0.2, -0.15) is 5.26 Å². The highest BCUT2D eigenvalue weighted by Crippen LogP contribution is 2.18. The molecule has 3 aromatic rings. The van der Waals surface area contributed by atoms with Crippen LogP contribution in [0.3, 0.4) is 0 Å². The number of nitrogens with one attached hydrogen (secondary N) is 2. The van der Waals surface area contributed by atoms with Gasteiger partial charge >= 0.3 is 5.97 Å². The Morgan fingerprint density at radius 3 is 2.29 bits per heavy atom. The fourth-order valence-corrected chi connectivity index (χ4v) is 2.43. The Kier molecular flexibility index (Phi) is 5.63. The molecule has 0 radical (unpaired) electrons. The van der Waals surface area contributed by atoms with Crippen LogP contribution in [0.25, 0.3) is 0 Å². The van der Waals surface area contributed by atoms with E-state index in [2.05, 4.69) is 26.4 Å². The zero-order valence-corrected chi connectivity index (χ0v) is 15.0. The summed E-state index contributed by atoms with van der Waals surface area (Å²) < 4.78 is 4.64. The van der Waals surface area contributed by atoms with Gasteiger partial charge in [-0.25, -0.2) is 4.79 Å². The van der Waals surface area contributed by atoms with Gasteiger partial charge in [-0.1, -0.05) is 0 Å². The third-order valence-corrected chi connectivity index (χ3v) is 3.86. The van der Waals surface area contributed by atoms with Crippen molar-refractivity contribution in [3.8, 4) is 6.07 Å². The zero-order chi connectivity index (χ0) is 19.9. The van der Waals surface area contributed by atoms with E-state index in [0.717, 1.165) is 5.69 Å². The summed E-state index contributed by atoms with van der Waals surface area (Å²) in [5, 5.41) is 14.7. The summed E-state index contributed by atoms with van der Waals surface area (Å²) >= 11 is 0.